The SMILES string of the molecule is O=C(O)CC1CC2CCC(C1)N2C(=O)[C@@H]1CCCNC1. The van der Waals surface area contributed by atoms with Gasteiger partial charge in [0.05, 0.1) is 5.92 Å². The molecule has 3 aliphatic rings. The molecule has 0 aromatic heterocycles. The van der Waals surface area contributed by atoms with Gasteiger partial charge in [0.2, 0.25) is 5.91 Å². The molecule has 0 aromatic carbocycles. The molecular weight excluding hydrogens is 256 g/mol. The van der Waals surface area contributed by atoms with Gasteiger partial charge in [-0.1, -0.05) is 0 Å². The van der Waals surface area contributed by atoms with E-state index in [1.54, 1.807) is 0 Å². The summed E-state index contributed by atoms with van der Waals surface area (Å²) in [5, 5.41) is 12.3. The first-order valence-electron chi connectivity index (χ1n) is 7.90. The second-order valence-corrected chi connectivity index (χ2v) is 6.61. The standard InChI is InChI=1S/C15H24N2O3/c18-14(19)8-10-6-12-3-4-13(7-10)17(12)15(20)11-2-1-5-16-9-11/h10-13,16H,1-9H2,(H,18,19)/t10?,11-,12?,13?/m1/s1. The second kappa shape index (κ2) is 5.72. The summed E-state index contributed by atoms with van der Waals surface area (Å²) in [4.78, 5) is 25.7. The van der Waals surface area contributed by atoms with Crippen molar-refractivity contribution in [1.82, 2.24) is 10.2 Å². The number of nitrogens with zero attached hydrogens (tertiary/aromatic N) is 1. The molecule has 3 aliphatic heterocycles. The van der Waals surface area contributed by atoms with Crippen LogP contribution in [0.5, 0.6) is 0 Å². The molecule has 0 saturated carbocycles. The molecule has 5 nitrogen and oxygen atoms in total. The monoisotopic (exact) mass is 280 g/mol. The third-order valence-corrected chi connectivity index (χ3v) is 5.19. The number of nitrogens with one attached hydrogen (secondary N) is 1. The highest BCUT2D eigenvalue weighted by Gasteiger charge is 2.45. The largest absolute Gasteiger partial charge is 0.481 e. The predicted octanol–water partition coefficient (Wildman–Crippen LogP) is 1.23. The van der Waals surface area contributed by atoms with E-state index in [0.29, 0.717) is 18.0 Å². The minimum atomic E-state index is -0.703. The van der Waals surface area contributed by atoms with Crippen molar-refractivity contribution in [3.8, 4) is 0 Å². The highest BCUT2D eigenvalue weighted by molar-refractivity contribution is 5.80. The first-order chi connectivity index (χ1) is 9.65. The molecule has 3 fully saturated rings. The van der Waals surface area contributed by atoms with Crippen molar-refractivity contribution in [3.05, 3.63) is 0 Å². The van der Waals surface area contributed by atoms with Gasteiger partial charge < -0.3 is 15.3 Å². The lowest BCUT2D eigenvalue weighted by atomic mass is 9.86. The molecule has 112 valence electrons. The van der Waals surface area contributed by atoms with Crippen LogP contribution in [0.4, 0.5) is 0 Å². The first-order valence-corrected chi connectivity index (χ1v) is 7.90. The average Bonchev–Trinajstić information content (AvgIpc) is 2.70. The molecule has 0 aromatic rings. The van der Waals surface area contributed by atoms with Crippen LogP contribution in [0, 0.1) is 11.8 Å². The van der Waals surface area contributed by atoms with E-state index in [9.17, 15) is 9.59 Å². The molecule has 20 heavy (non-hydrogen) atoms. The first kappa shape index (κ1) is 13.9. The van der Waals surface area contributed by atoms with Gasteiger partial charge in [-0.25, -0.2) is 0 Å². The van der Waals surface area contributed by atoms with E-state index in [0.717, 1.165) is 51.6 Å². The van der Waals surface area contributed by atoms with Crippen LogP contribution >= 0.6 is 0 Å². The third-order valence-electron chi connectivity index (χ3n) is 5.19. The number of rotatable bonds is 3. The zero-order valence-corrected chi connectivity index (χ0v) is 11.9. The van der Waals surface area contributed by atoms with Crippen LogP contribution in [0.2, 0.25) is 0 Å². The molecule has 0 spiro atoms. The van der Waals surface area contributed by atoms with Gasteiger partial charge in [-0.2, -0.15) is 0 Å². The maximum absolute atomic E-state index is 12.7. The number of carboxylic acids is 1. The Hall–Kier alpha value is -1.10. The second-order valence-electron chi connectivity index (χ2n) is 6.61. The molecule has 3 rings (SSSR count). The number of aliphatic carboxylic acids is 1. The van der Waals surface area contributed by atoms with Crippen molar-refractivity contribution >= 4 is 11.9 Å². The van der Waals surface area contributed by atoms with Gasteiger partial charge >= 0.3 is 5.97 Å². The Morgan fingerprint density at radius 2 is 1.85 bits per heavy atom. The minimum Gasteiger partial charge on any atom is -0.481 e. The van der Waals surface area contributed by atoms with E-state index < -0.39 is 5.97 Å². The van der Waals surface area contributed by atoms with Crippen molar-refractivity contribution < 1.29 is 14.7 Å². The lowest BCUT2D eigenvalue weighted by Gasteiger charge is -2.41. The van der Waals surface area contributed by atoms with Crippen molar-refractivity contribution in [2.45, 2.75) is 57.0 Å². The van der Waals surface area contributed by atoms with Crippen molar-refractivity contribution in [3.63, 3.8) is 0 Å². The Labute approximate surface area is 119 Å². The fourth-order valence-electron chi connectivity index (χ4n) is 4.34. The normalized spacial score (nSPS) is 36.9. The summed E-state index contributed by atoms with van der Waals surface area (Å²) in [6, 6.07) is 0.597. The molecule has 2 bridgehead atoms. The van der Waals surface area contributed by atoms with E-state index in [2.05, 4.69) is 10.2 Å². The van der Waals surface area contributed by atoms with Crippen LogP contribution in [0.3, 0.4) is 0 Å². The van der Waals surface area contributed by atoms with Crippen LogP contribution in [-0.2, 0) is 9.59 Å². The summed E-state index contributed by atoms with van der Waals surface area (Å²) in [7, 11) is 0. The number of carbonyl (C=O) groups is 2. The van der Waals surface area contributed by atoms with E-state index in [4.69, 9.17) is 5.11 Å². The zero-order chi connectivity index (χ0) is 14.1. The summed E-state index contributed by atoms with van der Waals surface area (Å²) in [6.45, 7) is 1.84. The number of hydrogen-bond acceptors (Lipinski definition) is 3. The quantitative estimate of drug-likeness (QED) is 0.816. The van der Waals surface area contributed by atoms with Gasteiger partial charge in [-0.15, -0.1) is 0 Å². The Morgan fingerprint density at radius 1 is 1.15 bits per heavy atom. The van der Waals surface area contributed by atoms with Crippen LogP contribution in [0.15, 0.2) is 0 Å². The minimum absolute atomic E-state index is 0.142. The van der Waals surface area contributed by atoms with Crippen LogP contribution < -0.4 is 5.32 Å². The smallest absolute Gasteiger partial charge is 0.303 e. The zero-order valence-electron chi connectivity index (χ0n) is 11.9. The molecule has 0 radical (unpaired) electrons. The number of fused-ring (bicyclic) bond motifs is 2. The van der Waals surface area contributed by atoms with Crippen LogP contribution in [-0.4, -0.2) is 47.1 Å². The highest BCUT2D eigenvalue weighted by Crippen LogP contribution is 2.41. The van der Waals surface area contributed by atoms with Gasteiger partial charge in [0.1, 0.15) is 0 Å². The molecular formula is C15H24N2O3. The molecule has 3 atom stereocenters. The van der Waals surface area contributed by atoms with Gasteiger partial charge in [-0.3, -0.25) is 9.59 Å². The molecule has 3 heterocycles. The lowest BCUT2D eigenvalue weighted by Crippen LogP contribution is -2.51. The summed E-state index contributed by atoms with van der Waals surface area (Å²) in [5.74, 6) is 0.0190. The molecule has 1 amide bonds. The maximum Gasteiger partial charge on any atom is 0.303 e. The van der Waals surface area contributed by atoms with Crippen molar-refractivity contribution in [1.29, 1.82) is 0 Å². The number of amides is 1. The van der Waals surface area contributed by atoms with Gasteiger partial charge in [0.25, 0.3) is 0 Å². The van der Waals surface area contributed by atoms with Crippen molar-refractivity contribution in [2.75, 3.05) is 13.1 Å². The fourth-order valence-corrected chi connectivity index (χ4v) is 4.34. The Bertz CT molecular complexity index is 379. The molecule has 3 saturated heterocycles. The topological polar surface area (TPSA) is 69.6 Å². The third kappa shape index (κ3) is 2.68. The molecule has 2 unspecified atom stereocenters. The molecule has 2 N–H and O–H groups in total. The molecule has 0 aliphatic carbocycles. The number of piperidine rings is 2. The van der Waals surface area contributed by atoms with Crippen LogP contribution in [0.1, 0.15) is 44.9 Å². The maximum atomic E-state index is 12.7. The van der Waals surface area contributed by atoms with Gasteiger partial charge in [-0.05, 0) is 51.0 Å². The van der Waals surface area contributed by atoms with E-state index >= 15 is 0 Å². The Kier molecular flexibility index (Phi) is 3.96. The average molecular weight is 280 g/mol. The number of carbonyl (C=O) groups excluding carboxylic acids is 1. The van der Waals surface area contributed by atoms with Crippen LogP contribution in [0.25, 0.3) is 0 Å². The summed E-state index contributed by atoms with van der Waals surface area (Å²) in [5.41, 5.74) is 0. The summed E-state index contributed by atoms with van der Waals surface area (Å²) >= 11 is 0. The highest BCUT2D eigenvalue weighted by atomic mass is 16.4. The van der Waals surface area contributed by atoms with E-state index in [-0.39, 0.29) is 18.3 Å². The Morgan fingerprint density at radius 3 is 2.40 bits per heavy atom. The number of hydrogen-bond donors (Lipinski definition) is 2. The van der Waals surface area contributed by atoms with Gasteiger partial charge in [0.15, 0.2) is 0 Å². The fraction of sp³-hybridized carbons (Fsp3) is 0.867. The van der Waals surface area contributed by atoms with E-state index in [1.807, 2.05) is 0 Å². The molecule has 5 heteroatoms. The van der Waals surface area contributed by atoms with E-state index in [1.165, 1.54) is 0 Å². The van der Waals surface area contributed by atoms with Gasteiger partial charge in [0, 0.05) is 25.0 Å². The predicted molar refractivity (Wildman–Crippen MR) is 74.2 cm³/mol. The Balaban J connectivity index is 1.64. The summed E-state index contributed by atoms with van der Waals surface area (Å²) in [6.07, 6.45) is 6.24. The summed E-state index contributed by atoms with van der Waals surface area (Å²) < 4.78 is 0. The number of carboxylic acid groups (broad SMARTS) is 1. The lowest BCUT2D eigenvalue weighted by molar-refractivity contribution is -0.142. The van der Waals surface area contributed by atoms with Crippen molar-refractivity contribution in [2.24, 2.45) is 11.8 Å².